The highest BCUT2D eigenvalue weighted by molar-refractivity contribution is 5.94. The number of ether oxygens (including phenoxy) is 1. The van der Waals surface area contributed by atoms with Crippen LogP contribution in [0.3, 0.4) is 0 Å². The molecule has 3 rings (SSSR count). The third-order valence-corrected chi connectivity index (χ3v) is 3.89. The third-order valence-electron chi connectivity index (χ3n) is 3.89. The molecule has 1 aromatic heterocycles. The maximum absolute atomic E-state index is 9.42. The summed E-state index contributed by atoms with van der Waals surface area (Å²) in [6, 6.07) is 8.09. The average Bonchev–Trinajstić information content (AvgIpc) is 2.99. The summed E-state index contributed by atoms with van der Waals surface area (Å²) in [4.78, 5) is 6.68. The van der Waals surface area contributed by atoms with Gasteiger partial charge in [0.25, 0.3) is 0 Å². The van der Waals surface area contributed by atoms with E-state index >= 15 is 0 Å². The first-order chi connectivity index (χ1) is 9.79. The zero-order valence-electron chi connectivity index (χ0n) is 11.7. The van der Waals surface area contributed by atoms with E-state index in [0.29, 0.717) is 6.10 Å². The van der Waals surface area contributed by atoms with Gasteiger partial charge in [-0.2, -0.15) is 0 Å². The van der Waals surface area contributed by atoms with Crippen molar-refractivity contribution in [2.45, 2.75) is 25.6 Å². The Morgan fingerprint density at radius 1 is 1.35 bits per heavy atom. The number of nitrogens with zero attached hydrogens (tertiary/aromatic N) is 2. The molecule has 106 valence electrons. The Morgan fingerprint density at radius 2 is 2.15 bits per heavy atom. The van der Waals surface area contributed by atoms with E-state index in [1.54, 1.807) is 6.20 Å². The van der Waals surface area contributed by atoms with E-state index in [9.17, 15) is 5.11 Å². The summed E-state index contributed by atoms with van der Waals surface area (Å²) in [5.74, 6) is 0.952. The molecule has 1 aliphatic heterocycles. The minimum Gasteiger partial charge on any atom is -0.392 e. The Bertz CT molecular complexity index is 594. The van der Waals surface area contributed by atoms with Crippen LogP contribution in [-0.4, -0.2) is 36.4 Å². The zero-order valence-corrected chi connectivity index (χ0v) is 11.7. The van der Waals surface area contributed by atoms with Crippen LogP contribution >= 0.6 is 0 Å². The number of aliphatic hydroxyl groups excluding tert-OH is 1. The number of hydrogen-bond donors (Lipinski definition) is 1. The van der Waals surface area contributed by atoms with Crippen molar-refractivity contribution < 1.29 is 9.84 Å². The first kappa shape index (κ1) is 13.3. The molecule has 2 heterocycles. The van der Waals surface area contributed by atoms with Crippen molar-refractivity contribution in [3.8, 4) is 0 Å². The number of anilines is 1. The number of rotatable bonds is 4. The van der Waals surface area contributed by atoms with Gasteiger partial charge in [-0.15, -0.1) is 0 Å². The summed E-state index contributed by atoms with van der Waals surface area (Å²) in [5.41, 5.74) is 0.870. The second-order valence-electron chi connectivity index (χ2n) is 5.33. The summed E-state index contributed by atoms with van der Waals surface area (Å²) in [7, 11) is 2.05. The molecule has 1 atom stereocenters. The Balaban J connectivity index is 1.94. The van der Waals surface area contributed by atoms with Gasteiger partial charge in [-0.3, -0.25) is 0 Å². The molecule has 0 amide bonds. The van der Waals surface area contributed by atoms with E-state index in [0.717, 1.165) is 48.1 Å². The summed E-state index contributed by atoms with van der Waals surface area (Å²) >= 11 is 0. The smallest absolute Gasteiger partial charge is 0.136 e. The predicted molar refractivity (Wildman–Crippen MR) is 79.9 cm³/mol. The van der Waals surface area contributed by atoms with Crippen LogP contribution in [0.4, 0.5) is 5.82 Å². The first-order valence-corrected chi connectivity index (χ1v) is 7.10. The summed E-state index contributed by atoms with van der Waals surface area (Å²) in [6.45, 7) is 1.74. The van der Waals surface area contributed by atoms with E-state index < -0.39 is 0 Å². The summed E-state index contributed by atoms with van der Waals surface area (Å²) in [5, 5.41) is 11.6. The lowest BCUT2D eigenvalue weighted by atomic mass is 10.1. The number of pyridine rings is 1. The van der Waals surface area contributed by atoms with E-state index in [4.69, 9.17) is 4.74 Å². The summed E-state index contributed by atoms with van der Waals surface area (Å²) < 4.78 is 5.69. The van der Waals surface area contributed by atoms with Crippen LogP contribution in [0.1, 0.15) is 18.4 Å². The highest BCUT2D eigenvalue weighted by Crippen LogP contribution is 2.27. The topological polar surface area (TPSA) is 45.6 Å². The fourth-order valence-corrected chi connectivity index (χ4v) is 2.85. The van der Waals surface area contributed by atoms with Gasteiger partial charge in [-0.1, -0.05) is 24.3 Å². The Labute approximate surface area is 119 Å². The van der Waals surface area contributed by atoms with Crippen LogP contribution in [0, 0.1) is 0 Å². The molecule has 0 radical (unpaired) electrons. The number of fused-ring (bicyclic) bond motifs is 1. The van der Waals surface area contributed by atoms with Crippen molar-refractivity contribution in [3.63, 3.8) is 0 Å². The third kappa shape index (κ3) is 2.49. The van der Waals surface area contributed by atoms with Gasteiger partial charge in [0.2, 0.25) is 0 Å². The van der Waals surface area contributed by atoms with Crippen molar-refractivity contribution in [1.82, 2.24) is 4.98 Å². The molecule has 0 spiro atoms. The first-order valence-electron chi connectivity index (χ1n) is 7.10. The van der Waals surface area contributed by atoms with Gasteiger partial charge in [0.1, 0.15) is 5.82 Å². The van der Waals surface area contributed by atoms with Gasteiger partial charge in [0.05, 0.1) is 12.7 Å². The van der Waals surface area contributed by atoms with Crippen molar-refractivity contribution in [2.24, 2.45) is 0 Å². The molecule has 0 saturated carbocycles. The maximum Gasteiger partial charge on any atom is 0.136 e. The lowest BCUT2D eigenvalue weighted by Gasteiger charge is -2.23. The van der Waals surface area contributed by atoms with Gasteiger partial charge in [-0.05, 0) is 18.2 Å². The lowest BCUT2D eigenvalue weighted by molar-refractivity contribution is 0.116. The Hall–Kier alpha value is -1.65. The van der Waals surface area contributed by atoms with E-state index in [1.165, 1.54) is 0 Å². The fourth-order valence-electron chi connectivity index (χ4n) is 2.85. The van der Waals surface area contributed by atoms with Gasteiger partial charge in [0.15, 0.2) is 0 Å². The predicted octanol–water partition coefficient (Wildman–Crippen LogP) is 2.34. The molecule has 1 saturated heterocycles. The van der Waals surface area contributed by atoms with Crippen molar-refractivity contribution in [2.75, 3.05) is 25.1 Å². The monoisotopic (exact) mass is 272 g/mol. The second-order valence-corrected chi connectivity index (χ2v) is 5.33. The quantitative estimate of drug-likeness (QED) is 0.928. The van der Waals surface area contributed by atoms with Crippen molar-refractivity contribution in [1.29, 1.82) is 0 Å². The Kier molecular flexibility index (Phi) is 3.85. The number of benzene rings is 1. The highest BCUT2D eigenvalue weighted by atomic mass is 16.5. The number of likely N-dealkylation sites (N-methyl/N-ethyl adjacent to an activating group) is 1. The number of aliphatic hydroxyl groups is 1. The second kappa shape index (κ2) is 5.77. The maximum atomic E-state index is 9.42. The number of hydrogen-bond acceptors (Lipinski definition) is 4. The van der Waals surface area contributed by atoms with Gasteiger partial charge in [-0.25, -0.2) is 4.98 Å². The molecule has 1 N–H and O–H groups in total. The standard InChI is InChI=1S/C16H20N2O2/c1-18(10-13-5-4-8-20-13)16-15-7-3-2-6-14(15)12(11-19)9-17-16/h2-3,6-7,9,13,19H,4-5,8,10-11H2,1H3. The minimum atomic E-state index is 0.0171. The highest BCUT2D eigenvalue weighted by Gasteiger charge is 2.19. The molecule has 4 nitrogen and oxygen atoms in total. The molecular weight excluding hydrogens is 252 g/mol. The largest absolute Gasteiger partial charge is 0.392 e. The van der Waals surface area contributed by atoms with E-state index in [-0.39, 0.29) is 6.61 Å². The van der Waals surface area contributed by atoms with Gasteiger partial charge in [0, 0.05) is 37.3 Å². The Morgan fingerprint density at radius 3 is 2.85 bits per heavy atom. The van der Waals surface area contributed by atoms with E-state index in [2.05, 4.69) is 23.0 Å². The molecule has 1 unspecified atom stereocenters. The van der Waals surface area contributed by atoms with Crippen LogP contribution in [-0.2, 0) is 11.3 Å². The molecule has 4 heteroatoms. The molecular formula is C16H20N2O2. The van der Waals surface area contributed by atoms with Gasteiger partial charge < -0.3 is 14.7 Å². The molecule has 0 bridgehead atoms. The molecule has 1 aliphatic rings. The number of aromatic nitrogens is 1. The van der Waals surface area contributed by atoms with Crippen LogP contribution < -0.4 is 4.90 Å². The SMILES string of the molecule is CN(CC1CCCO1)c1ncc(CO)c2ccccc12. The summed E-state index contributed by atoms with van der Waals surface area (Å²) in [6.07, 6.45) is 4.34. The molecule has 1 aromatic carbocycles. The van der Waals surface area contributed by atoms with Gasteiger partial charge >= 0.3 is 0 Å². The van der Waals surface area contributed by atoms with Crippen LogP contribution in [0.25, 0.3) is 10.8 Å². The van der Waals surface area contributed by atoms with Crippen LogP contribution in [0.2, 0.25) is 0 Å². The average molecular weight is 272 g/mol. The fraction of sp³-hybridized carbons (Fsp3) is 0.438. The molecule has 2 aromatic rings. The van der Waals surface area contributed by atoms with Crippen LogP contribution in [0.15, 0.2) is 30.5 Å². The normalized spacial score (nSPS) is 18.6. The zero-order chi connectivity index (χ0) is 13.9. The van der Waals surface area contributed by atoms with Crippen LogP contribution in [0.5, 0.6) is 0 Å². The van der Waals surface area contributed by atoms with Crippen molar-refractivity contribution in [3.05, 3.63) is 36.0 Å². The molecule has 0 aliphatic carbocycles. The minimum absolute atomic E-state index is 0.0171. The van der Waals surface area contributed by atoms with E-state index in [1.807, 2.05) is 18.2 Å². The lowest BCUT2D eigenvalue weighted by Crippen LogP contribution is -2.29. The molecule has 20 heavy (non-hydrogen) atoms. The molecule has 1 fully saturated rings. The van der Waals surface area contributed by atoms with Crippen molar-refractivity contribution >= 4 is 16.6 Å².